The maximum atomic E-state index is 13.4. The number of benzene rings is 2. The Balaban J connectivity index is 1.98. The van der Waals surface area contributed by atoms with Crippen molar-refractivity contribution in [1.29, 1.82) is 0 Å². The monoisotopic (exact) mass is 354 g/mol. The summed E-state index contributed by atoms with van der Waals surface area (Å²) in [6.07, 6.45) is 0. The summed E-state index contributed by atoms with van der Waals surface area (Å²) in [7, 11) is 0. The third-order valence-corrected chi connectivity index (χ3v) is 3.28. The molecule has 0 saturated carbocycles. The van der Waals surface area contributed by atoms with Crippen LogP contribution in [0.3, 0.4) is 0 Å². The van der Waals surface area contributed by atoms with Crippen LogP contribution in [-0.4, -0.2) is 10.2 Å². The van der Waals surface area contributed by atoms with E-state index in [0.29, 0.717) is 16.1 Å². The molecular formula is C14H12BrFN2OS. The molecule has 0 heterocycles. The van der Waals surface area contributed by atoms with E-state index in [9.17, 15) is 9.50 Å². The topological polar surface area (TPSA) is 44.3 Å². The highest BCUT2D eigenvalue weighted by Gasteiger charge is 2.10. The minimum Gasteiger partial charge on any atom is -0.503 e. The number of halogens is 2. The summed E-state index contributed by atoms with van der Waals surface area (Å²) in [5, 5.41) is 15.7. The third-order valence-electron chi connectivity index (χ3n) is 2.57. The highest BCUT2D eigenvalue weighted by atomic mass is 79.9. The van der Waals surface area contributed by atoms with Gasteiger partial charge in [-0.2, -0.15) is 0 Å². The lowest BCUT2D eigenvalue weighted by Crippen LogP contribution is -2.27. The second kappa shape index (κ2) is 6.67. The maximum Gasteiger partial charge on any atom is 0.175 e. The number of anilines is 1. The fourth-order valence-electron chi connectivity index (χ4n) is 1.61. The van der Waals surface area contributed by atoms with Gasteiger partial charge in [0.1, 0.15) is 0 Å². The first-order chi connectivity index (χ1) is 9.56. The lowest BCUT2D eigenvalue weighted by molar-refractivity contribution is 0.434. The minimum absolute atomic E-state index is 0.211. The van der Waals surface area contributed by atoms with Crippen molar-refractivity contribution in [2.45, 2.75) is 6.54 Å². The SMILES string of the molecule is Oc1c(F)cc(Br)cc1NC(=S)NCc1ccccc1. The van der Waals surface area contributed by atoms with Crippen molar-refractivity contribution in [2.75, 3.05) is 5.32 Å². The minimum atomic E-state index is -0.715. The molecular weight excluding hydrogens is 343 g/mol. The van der Waals surface area contributed by atoms with Gasteiger partial charge in [0.25, 0.3) is 0 Å². The second-order valence-electron chi connectivity index (χ2n) is 4.08. The molecule has 2 rings (SSSR count). The van der Waals surface area contributed by atoms with E-state index in [0.717, 1.165) is 5.56 Å². The van der Waals surface area contributed by atoms with Crippen LogP contribution in [-0.2, 0) is 6.54 Å². The Bertz CT molecular complexity index is 622. The van der Waals surface area contributed by atoms with Gasteiger partial charge < -0.3 is 15.7 Å². The van der Waals surface area contributed by atoms with Gasteiger partial charge in [-0.3, -0.25) is 0 Å². The summed E-state index contributed by atoms with van der Waals surface area (Å²) in [4.78, 5) is 0. The molecule has 0 aliphatic heterocycles. The predicted octanol–water partition coefficient (Wildman–Crippen LogP) is 3.78. The zero-order valence-electron chi connectivity index (χ0n) is 10.4. The predicted molar refractivity (Wildman–Crippen MR) is 85.3 cm³/mol. The number of hydrogen-bond donors (Lipinski definition) is 3. The molecule has 0 amide bonds. The molecule has 0 aliphatic carbocycles. The zero-order chi connectivity index (χ0) is 14.5. The third kappa shape index (κ3) is 3.91. The first-order valence-electron chi connectivity index (χ1n) is 5.83. The van der Waals surface area contributed by atoms with Crippen molar-refractivity contribution >= 4 is 38.9 Å². The molecule has 0 aromatic heterocycles. The molecule has 0 atom stereocenters. The highest BCUT2D eigenvalue weighted by Crippen LogP contribution is 2.30. The van der Waals surface area contributed by atoms with E-state index in [1.807, 2.05) is 30.3 Å². The molecule has 0 aliphatic rings. The van der Waals surface area contributed by atoms with Crippen LogP contribution in [0.1, 0.15) is 5.56 Å². The van der Waals surface area contributed by atoms with Crippen LogP contribution in [0.2, 0.25) is 0 Å². The van der Waals surface area contributed by atoms with Gasteiger partial charge in [-0.05, 0) is 29.9 Å². The molecule has 2 aromatic carbocycles. The largest absolute Gasteiger partial charge is 0.503 e. The molecule has 104 valence electrons. The van der Waals surface area contributed by atoms with Gasteiger partial charge in [0.15, 0.2) is 16.7 Å². The van der Waals surface area contributed by atoms with Crippen LogP contribution in [0.5, 0.6) is 5.75 Å². The van der Waals surface area contributed by atoms with Gasteiger partial charge in [0.2, 0.25) is 0 Å². The summed E-state index contributed by atoms with van der Waals surface area (Å²) in [6.45, 7) is 0.546. The Morgan fingerprint density at radius 2 is 1.95 bits per heavy atom. The Morgan fingerprint density at radius 1 is 1.25 bits per heavy atom. The molecule has 2 aromatic rings. The first kappa shape index (κ1) is 14.7. The number of nitrogens with one attached hydrogen (secondary N) is 2. The number of phenols is 1. The van der Waals surface area contributed by atoms with Gasteiger partial charge in [-0.15, -0.1) is 0 Å². The quantitative estimate of drug-likeness (QED) is 0.579. The molecule has 0 saturated heterocycles. The normalized spacial score (nSPS) is 10.1. The first-order valence-corrected chi connectivity index (χ1v) is 7.03. The number of thiocarbonyl (C=S) groups is 1. The van der Waals surface area contributed by atoms with Gasteiger partial charge in [0, 0.05) is 11.0 Å². The van der Waals surface area contributed by atoms with Crippen molar-refractivity contribution in [3.63, 3.8) is 0 Å². The molecule has 3 N–H and O–H groups in total. The molecule has 0 spiro atoms. The molecule has 0 radical (unpaired) electrons. The van der Waals surface area contributed by atoms with E-state index >= 15 is 0 Å². The summed E-state index contributed by atoms with van der Waals surface area (Å²) < 4.78 is 13.9. The fourth-order valence-corrected chi connectivity index (χ4v) is 2.22. The Labute approximate surface area is 130 Å². The van der Waals surface area contributed by atoms with E-state index in [1.54, 1.807) is 6.07 Å². The van der Waals surface area contributed by atoms with Crippen LogP contribution in [0.25, 0.3) is 0 Å². The van der Waals surface area contributed by atoms with E-state index in [2.05, 4.69) is 26.6 Å². The van der Waals surface area contributed by atoms with Gasteiger partial charge in [0.05, 0.1) is 5.69 Å². The molecule has 0 bridgehead atoms. The molecule has 0 fully saturated rings. The highest BCUT2D eigenvalue weighted by molar-refractivity contribution is 9.10. The van der Waals surface area contributed by atoms with Crippen LogP contribution in [0.15, 0.2) is 46.9 Å². The summed E-state index contributed by atoms with van der Waals surface area (Å²) in [6, 6.07) is 12.5. The van der Waals surface area contributed by atoms with E-state index in [1.165, 1.54) is 6.07 Å². The van der Waals surface area contributed by atoms with Crippen LogP contribution >= 0.6 is 28.1 Å². The summed E-state index contributed by atoms with van der Waals surface area (Å²) >= 11 is 8.27. The van der Waals surface area contributed by atoms with E-state index < -0.39 is 11.6 Å². The van der Waals surface area contributed by atoms with Crippen molar-refractivity contribution < 1.29 is 9.50 Å². The van der Waals surface area contributed by atoms with Crippen molar-refractivity contribution in [2.24, 2.45) is 0 Å². The van der Waals surface area contributed by atoms with Crippen LogP contribution < -0.4 is 10.6 Å². The molecule has 0 unspecified atom stereocenters. The Kier molecular flexibility index (Phi) is 4.92. The number of phenolic OH excluding ortho intramolecular Hbond substituents is 1. The van der Waals surface area contributed by atoms with Crippen LogP contribution in [0.4, 0.5) is 10.1 Å². The summed E-state index contributed by atoms with van der Waals surface area (Å²) in [5.41, 5.74) is 1.28. The van der Waals surface area contributed by atoms with Crippen molar-refractivity contribution in [3.05, 3.63) is 58.3 Å². The average molecular weight is 355 g/mol. The smallest absolute Gasteiger partial charge is 0.175 e. The van der Waals surface area contributed by atoms with Crippen molar-refractivity contribution in [1.82, 2.24) is 5.32 Å². The fraction of sp³-hybridized carbons (Fsp3) is 0.0714. The van der Waals surface area contributed by atoms with E-state index in [-0.39, 0.29) is 5.69 Å². The lowest BCUT2D eigenvalue weighted by Gasteiger charge is -2.12. The van der Waals surface area contributed by atoms with Crippen molar-refractivity contribution in [3.8, 4) is 5.75 Å². The molecule has 3 nitrogen and oxygen atoms in total. The number of rotatable bonds is 3. The molecule has 20 heavy (non-hydrogen) atoms. The lowest BCUT2D eigenvalue weighted by atomic mass is 10.2. The Morgan fingerprint density at radius 3 is 2.65 bits per heavy atom. The van der Waals surface area contributed by atoms with Crippen LogP contribution in [0, 0.1) is 5.82 Å². The molecule has 6 heteroatoms. The zero-order valence-corrected chi connectivity index (χ0v) is 12.8. The van der Waals surface area contributed by atoms with Gasteiger partial charge >= 0.3 is 0 Å². The maximum absolute atomic E-state index is 13.4. The number of hydrogen-bond acceptors (Lipinski definition) is 2. The standard InChI is InChI=1S/C14H12BrFN2OS/c15-10-6-11(16)13(19)12(7-10)18-14(20)17-8-9-4-2-1-3-5-9/h1-7,19H,8H2,(H2,17,18,20). The average Bonchev–Trinajstić information content (AvgIpc) is 2.43. The van der Waals surface area contributed by atoms with Gasteiger partial charge in [-0.25, -0.2) is 4.39 Å². The number of aromatic hydroxyl groups is 1. The van der Waals surface area contributed by atoms with Gasteiger partial charge in [-0.1, -0.05) is 46.3 Å². The second-order valence-corrected chi connectivity index (χ2v) is 5.40. The van der Waals surface area contributed by atoms with E-state index in [4.69, 9.17) is 12.2 Å². The Hall–Kier alpha value is -1.66. The summed E-state index contributed by atoms with van der Waals surface area (Å²) in [5.74, 6) is -1.18.